The summed E-state index contributed by atoms with van der Waals surface area (Å²) >= 11 is 6.71. The molecule has 0 unspecified atom stereocenters. The smallest absolute Gasteiger partial charge is 0.355 e. The lowest BCUT2D eigenvalue weighted by Gasteiger charge is -2.28. The second-order valence-electron chi connectivity index (χ2n) is 17.6. The fourth-order valence-electron chi connectivity index (χ4n) is 6.82. The summed E-state index contributed by atoms with van der Waals surface area (Å²) < 4.78 is 0. The van der Waals surface area contributed by atoms with Gasteiger partial charge in [0.05, 0.1) is 41.3 Å². The highest BCUT2D eigenvalue weighted by Gasteiger charge is 2.35. The topological polar surface area (TPSA) is 380 Å². The van der Waals surface area contributed by atoms with E-state index in [0.717, 1.165) is 34.0 Å². The zero-order valence-corrected chi connectivity index (χ0v) is 47.2. The molecule has 24 nitrogen and oxygen atoms in total. The van der Waals surface area contributed by atoms with Gasteiger partial charge in [0.15, 0.2) is 5.69 Å². The number of nitrogens with one attached hydrogen (secondary N) is 5. The zero-order chi connectivity index (χ0) is 56.7. The second kappa shape index (κ2) is 25.2. The Morgan fingerprint density at radius 1 is 0.641 bits per heavy atom. The van der Waals surface area contributed by atoms with Crippen molar-refractivity contribution in [2.45, 2.75) is 90.5 Å². The predicted molar refractivity (Wildman–Crippen MR) is 296 cm³/mol. The van der Waals surface area contributed by atoms with Crippen molar-refractivity contribution in [3.05, 3.63) is 100 Å². The van der Waals surface area contributed by atoms with Crippen molar-refractivity contribution in [2.75, 3.05) is 6.54 Å². The molecule has 7 rings (SSSR count). The molecule has 0 saturated carbocycles. The molecule has 0 spiro atoms. The number of allylic oxidation sites excluding steroid dienone is 2. The van der Waals surface area contributed by atoms with Crippen LogP contribution in [0.15, 0.2) is 62.3 Å². The van der Waals surface area contributed by atoms with Gasteiger partial charge in [0.2, 0.25) is 5.91 Å². The van der Waals surface area contributed by atoms with Gasteiger partial charge in [-0.25, -0.2) is 39.7 Å². The number of carboxylic acid groups (broad SMARTS) is 1. The van der Waals surface area contributed by atoms with Gasteiger partial charge >= 0.3 is 5.97 Å². The van der Waals surface area contributed by atoms with Crippen LogP contribution in [-0.4, -0.2) is 132 Å². The van der Waals surface area contributed by atoms with E-state index in [1.807, 2.05) is 0 Å². The van der Waals surface area contributed by atoms with Crippen LogP contribution >= 0.6 is 68.0 Å². The summed E-state index contributed by atoms with van der Waals surface area (Å²) in [5, 5.41) is 74.9. The normalized spacial score (nSPS) is 14.4. The lowest BCUT2D eigenvalue weighted by molar-refractivity contribution is -0.124. The number of aliphatic hydroxyl groups excluding tert-OH is 3. The number of nitrogens with two attached hydrogens (primary N) is 1. The molecule has 7 heterocycles. The molecule has 0 aliphatic rings. The van der Waals surface area contributed by atoms with E-state index in [9.17, 15) is 54.3 Å². The molecule has 5 amide bonds. The van der Waals surface area contributed by atoms with E-state index in [4.69, 9.17) is 20.7 Å². The Labute approximate surface area is 468 Å². The van der Waals surface area contributed by atoms with Gasteiger partial charge in [-0.15, -0.1) is 68.0 Å². The molecule has 7 aromatic heterocycles. The molecule has 30 heteroatoms. The van der Waals surface area contributed by atoms with Crippen molar-refractivity contribution in [3.63, 3.8) is 0 Å². The van der Waals surface area contributed by atoms with Gasteiger partial charge in [-0.2, -0.15) is 0 Å². The highest BCUT2D eigenvalue weighted by Crippen LogP contribution is 2.38. The number of nitrogens with zero attached hydrogens (tertiary/aromatic N) is 7. The van der Waals surface area contributed by atoms with Gasteiger partial charge in [-0.3, -0.25) is 24.0 Å². The highest BCUT2D eigenvalue weighted by molar-refractivity contribution is 7.15. The second-order valence-corrected chi connectivity index (χ2v) is 22.8. The van der Waals surface area contributed by atoms with Crippen molar-refractivity contribution in [3.8, 4) is 43.4 Å². The van der Waals surface area contributed by atoms with Gasteiger partial charge in [-0.05, 0) is 60.6 Å². The number of pyridine rings is 1. The van der Waals surface area contributed by atoms with Crippen molar-refractivity contribution in [1.29, 1.82) is 0 Å². The third-order valence-electron chi connectivity index (χ3n) is 11.0. The van der Waals surface area contributed by atoms with Crippen LogP contribution < -0.4 is 32.3 Å². The van der Waals surface area contributed by atoms with E-state index in [1.54, 1.807) is 43.7 Å². The number of aromatic carboxylic acids is 1. The number of hydrogen-bond donors (Lipinski definition) is 11. The van der Waals surface area contributed by atoms with Crippen molar-refractivity contribution >= 4 is 109 Å². The number of thiazole rings is 6. The van der Waals surface area contributed by atoms with Crippen LogP contribution in [0.25, 0.3) is 49.1 Å². The van der Waals surface area contributed by atoms with E-state index >= 15 is 0 Å². The molecule has 0 aliphatic carbocycles. The van der Waals surface area contributed by atoms with E-state index in [-0.39, 0.29) is 50.7 Å². The van der Waals surface area contributed by atoms with Crippen LogP contribution in [0.4, 0.5) is 0 Å². The first-order valence-electron chi connectivity index (χ1n) is 23.3. The minimum absolute atomic E-state index is 0.000949. The van der Waals surface area contributed by atoms with Crippen molar-refractivity contribution in [1.82, 2.24) is 61.5 Å². The van der Waals surface area contributed by atoms with Crippen LogP contribution in [0.2, 0.25) is 0 Å². The minimum Gasteiger partial charge on any atom is -0.476 e. The lowest BCUT2D eigenvalue weighted by atomic mass is 9.99. The molecule has 12 N–H and O–H groups in total. The maximum absolute atomic E-state index is 13.8. The maximum atomic E-state index is 13.8. The first-order valence-corrected chi connectivity index (χ1v) is 28.6. The van der Waals surface area contributed by atoms with E-state index in [2.05, 4.69) is 46.5 Å². The molecule has 410 valence electrons. The number of aliphatic hydroxyl groups is 4. The standard InChI is InChI=1S/C48H51N13O11S6/c1-8-23(36(65)50-12-19(3)62)52-37(66)27-15-75-44(57-27)30-17-76-43(58-30)25-11-10-22(34(51-25)26-13-77-45(54-26)32(49)20(4)63)41-55-28(14-73-41)38(67)60-33(21(5)64)40(69)53-24(9-2)42-56-29(16-74-42)39(68)61-35(48(6,7)72)46-59-31(18-78-46)47(70)71/h8-11,13-21,32-33,35,62-64,72H,12,49H2,1-7H3,(H,50,65)(H,52,66)(H,53,69)(H,60,67)(H,61,68)(H,70,71)/b23-8-,24-9-/t19-,20-,21-,32+,33+,35-/m1/s1. The Balaban J connectivity index is 1.07. The van der Waals surface area contributed by atoms with E-state index in [1.165, 1.54) is 95.4 Å². The average Bonchev–Trinajstić information content (AvgIpc) is 4.37. The van der Waals surface area contributed by atoms with Gasteiger partial charge in [0, 0.05) is 44.4 Å². The van der Waals surface area contributed by atoms with E-state index in [0.29, 0.717) is 48.4 Å². The minimum atomic E-state index is -1.56. The predicted octanol–water partition coefficient (Wildman–Crippen LogP) is 4.60. The quantitative estimate of drug-likeness (QED) is 0.0413. The van der Waals surface area contributed by atoms with Crippen LogP contribution in [0.3, 0.4) is 0 Å². The third-order valence-corrected chi connectivity index (χ3v) is 16.3. The number of hydrogen-bond acceptors (Lipinski definition) is 24. The van der Waals surface area contributed by atoms with Crippen LogP contribution in [0.1, 0.15) is 118 Å². The number of carbonyl (C=O) groups excluding carboxylic acids is 5. The Hall–Kier alpha value is -6.97. The first-order chi connectivity index (χ1) is 36.9. The molecule has 0 fully saturated rings. The maximum Gasteiger partial charge on any atom is 0.355 e. The Morgan fingerprint density at radius 2 is 1.24 bits per heavy atom. The number of aromatic nitrogens is 7. The zero-order valence-electron chi connectivity index (χ0n) is 42.3. The molecular weight excluding hydrogens is 1130 g/mol. The van der Waals surface area contributed by atoms with Crippen molar-refractivity contribution < 1.29 is 54.3 Å². The van der Waals surface area contributed by atoms with E-state index < -0.39 is 77.5 Å². The fraction of sp³-hybridized carbons (Fsp3) is 0.312. The SMILES string of the molecule is C/C=C(\NC(=O)c1csc(-c2csc(-c3ccc(-c4nc(C(=O)N[C@H](C(=O)N/C(=C\C)c5nc(C(=O)N[C@H](c6nc(C(=O)O)cs6)C(C)(C)O)cs5)[C@@H](C)O)cs4)c(-c4csc([C@@H](N)[C@@H](C)O)n4)n3)n2)n1)C(=O)NC[C@@H](C)O. The number of rotatable bonds is 22. The van der Waals surface area contributed by atoms with Gasteiger partial charge < -0.3 is 57.9 Å². The Bertz CT molecular complexity index is 3420. The molecule has 0 bridgehead atoms. The van der Waals surface area contributed by atoms with Crippen LogP contribution in [0.5, 0.6) is 0 Å². The largest absolute Gasteiger partial charge is 0.476 e. The molecule has 0 aromatic carbocycles. The molecule has 78 heavy (non-hydrogen) atoms. The molecule has 0 saturated heterocycles. The summed E-state index contributed by atoms with van der Waals surface area (Å²) in [6.07, 6.45) is -0.160. The summed E-state index contributed by atoms with van der Waals surface area (Å²) in [5.74, 6) is -4.79. The molecule has 0 radical (unpaired) electrons. The van der Waals surface area contributed by atoms with Crippen molar-refractivity contribution in [2.24, 2.45) is 5.73 Å². The molecular formula is C48H51N13O11S6. The van der Waals surface area contributed by atoms with Crippen LogP contribution in [0, 0.1) is 0 Å². The first kappa shape index (κ1) is 58.7. The van der Waals surface area contributed by atoms with Gasteiger partial charge in [-0.1, -0.05) is 12.2 Å². The van der Waals surface area contributed by atoms with Gasteiger partial charge in [0.1, 0.15) is 82.0 Å². The third kappa shape index (κ3) is 14.0. The Morgan fingerprint density at radius 3 is 1.88 bits per heavy atom. The summed E-state index contributed by atoms with van der Waals surface area (Å²) in [4.78, 5) is 110. The average molecular weight is 1180 g/mol. The lowest BCUT2D eigenvalue weighted by Crippen LogP contribution is -2.52. The number of amides is 5. The highest BCUT2D eigenvalue weighted by atomic mass is 32.1. The summed E-state index contributed by atoms with van der Waals surface area (Å²) in [7, 11) is 0. The Kier molecular flexibility index (Phi) is 19.0. The summed E-state index contributed by atoms with van der Waals surface area (Å²) in [6, 6.07) is 0.0335. The monoisotopic (exact) mass is 1180 g/mol. The molecule has 6 atom stereocenters. The molecule has 0 aliphatic heterocycles. The summed E-state index contributed by atoms with van der Waals surface area (Å²) in [6.45, 7) is 10.4. The molecule has 7 aromatic rings. The fourth-order valence-corrected chi connectivity index (χ4v) is 12.0. The summed E-state index contributed by atoms with van der Waals surface area (Å²) in [5.41, 5.74) is 6.54. The number of carboxylic acids is 1. The number of carbonyl (C=O) groups is 6. The van der Waals surface area contributed by atoms with Gasteiger partial charge in [0.25, 0.3) is 23.6 Å². The van der Waals surface area contributed by atoms with Crippen LogP contribution in [-0.2, 0) is 9.59 Å².